The fraction of sp³-hybridized carbons (Fsp3) is 0.556. The number of aryl methyl sites for hydroxylation is 2. The van der Waals surface area contributed by atoms with Crippen molar-refractivity contribution < 1.29 is 0 Å². The summed E-state index contributed by atoms with van der Waals surface area (Å²) < 4.78 is 0. The molecule has 0 radical (unpaired) electrons. The van der Waals surface area contributed by atoms with Crippen molar-refractivity contribution in [2.75, 3.05) is 0 Å². The zero-order valence-corrected chi connectivity index (χ0v) is 13.5. The summed E-state index contributed by atoms with van der Waals surface area (Å²) in [7, 11) is 0. The predicted molar refractivity (Wildman–Crippen MR) is 87.2 cm³/mol. The Hall–Kier alpha value is -1.84. The van der Waals surface area contributed by atoms with Crippen LogP contribution in [0.3, 0.4) is 0 Å². The van der Waals surface area contributed by atoms with E-state index in [2.05, 4.69) is 26.9 Å². The van der Waals surface area contributed by atoms with Crippen LogP contribution in [0.5, 0.6) is 0 Å². The lowest BCUT2D eigenvalue weighted by Crippen LogP contribution is -2.13. The number of hydrogen-bond donors (Lipinski definition) is 0. The Morgan fingerprint density at radius 2 is 1.41 bits per heavy atom. The minimum Gasteiger partial charge on any atom is -0.234 e. The van der Waals surface area contributed by atoms with E-state index in [1.54, 1.807) is 12.4 Å². The highest BCUT2D eigenvalue weighted by Gasteiger charge is 2.18. The third-order valence-electron chi connectivity index (χ3n) is 4.66. The SMILES string of the molecule is Cc1cnc(-c2ncc(CCC3CCC(C)CC3)cn2)nc1. The first-order valence-corrected chi connectivity index (χ1v) is 8.30. The van der Waals surface area contributed by atoms with Gasteiger partial charge in [-0.2, -0.15) is 0 Å². The summed E-state index contributed by atoms with van der Waals surface area (Å²) in [6, 6.07) is 0. The molecule has 0 N–H and O–H groups in total. The van der Waals surface area contributed by atoms with E-state index in [1.807, 2.05) is 19.3 Å². The first-order chi connectivity index (χ1) is 10.7. The lowest BCUT2D eigenvalue weighted by atomic mass is 9.80. The van der Waals surface area contributed by atoms with E-state index in [0.717, 1.165) is 23.8 Å². The summed E-state index contributed by atoms with van der Waals surface area (Å²) in [6.07, 6.45) is 15.3. The number of nitrogens with zero attached hydrogens (tertiary/aromatic N) is 4. The maximum absolute atomic E-state index is 4.42. The van der Waals surface area contributed by atoms with E-state index in [4.69, 9.17) is 0 Å². The zero-order chi connectivity index (χ0) is 15.4. The van der Waals surface area contributed by atoms with Crippen molar-refractivity contribution in [2.45, 2.75) is 52.4 Å². The van der Waals surface area contributed by atoms with Gasteiger partial charge in [0.2, 0.25) is 0 Å². The summed E-state index contributed by atoms with van der Waals surface area (Å²) in [5.74, 6) is 3.01. The molecule has 22 heavy (non-hydrogen) atoms. The molecule has 4 heteroatoms. The monoisotopic (exact) mass is 296 g/mol. The Morgan fingerprint density at radius 1 is 0.864 bits per heavy atom. The number of aromatic nitrogens is 4. The Labute approximate surface area is 132 Å². The fourth-order valence-corrected chi connectivity index (χ4v) is 3.10. The molecular formula is C18H24N4. The van der Waals surface area contributed by atoms with Gasteiger partial charge >= 0.3 is 0 Å². The van der Waals surface area contributed by atoms with Crippen LogP contribution in [0.4, 0.5) is 0 Å². The third kappa shape index (κ3) is 3.87. The zero-order valence-electron chi connectivity index (χ0n) is 13.5. The number of rotatable bonds is 4. The van der Waals surface area contributed by atoms with Crippen molar-refractivity contribution in [3.8, 4) is 11.6 Å². The molecule has 2 aromatic heterocycles. The van der Waals surface area contributed by atoms with E-state index in [-0.39, 0.29) is 0 Å². The molecule has 0 spiro atoms. The molecule has 1 fully saturated rings. The smallest absolute Gasteiger partial charge is 0.197 e. The van der Waals surface area contributed by atoms with Crippen LogP contribution in [0.25, 0.3) is 11.6 Å². The van der Waals surface area contributed by atoms with Gasteiger partial charge in [-0.05, 0) is 42.7 Å². The van der Waals surface area contributed by atoms with Crippen molar-refractivity contribution >= 4 is 0 Å². The van der Waals surface area contributed by atoms with Gasteiger partial charge in [0.1, 0.15) is 0 Å². The molecule has 0 aliphatic heterocycles. The Kier molecular flexibility index (Phi) is 4.76. The predicted octanol–water partition coefficient (Wildman–Crippen LogP) is 4.00. The van der Waals surface area contributed by atoms with Gasteiger partial charge in [-0.15, -0.1) is 0 Å². The van der Waals surface area contributed by atoms with Crippen molar-refractivity contribution in [2.24, 2.45) is 11.8 Å². The standard InChI is InChI=1S/C18H24N4/c1-13-3-5-15(6-4-13)7-8-16-11-21-18(22-12-16)17-19-9-14(2)10-20-17/h9-13,15H,3-8H2,1-2H3. The fourth-order valence-electron chi connectivity index (χ4n) is 3.10. The van der Waals surface area contributed by atoms with Crippen LogP contribution < -0.4 is 0 Å². The van der Waals surface area contributed by atoms with Gasteiger partial charge in [-0.3, -0.25) is 0 Å². The van der Waals surface area contributed by atoms with Crippen LogP contribution in [0.2, 0.25) is 0 Å². The molecule has 0 bridgehead atoms. The quantitative estimate of drug-likeness (QED) is 0.855. The first kappa shape index (κ1) is 15.1. The van der Waals surface area contributed by atoms with Gasteiger partial charge in [0.15, 0.2) is 11.6 Å². The molecule has 2 aromatic rings. The first-order valence-electron chi connectivity index (χ1n) is 8.30. The Balaban J connectivity index is 1.56. The summed E-state index contributed by atoms with van der Waals surface area (Å²) in [4.78, 5) is 17.4. The van der Waals surface area contributed by atoms with Crippen molar-refractivity contribution in [3.63, 3.8) is 0 Å². The van der Waals surface area contributed by atoms with E-state index < -0.39 is 0 Å². The normalized spacial score (nSPS) is 21.7. The maximum atomic E-state index is 4.42. The summed E-state index contributed by atoms with van der Waals surface area (Å²) in [6.45, 7) is 4.34. The molecule has 1 aliphatic carbocycles. The molecule has 0 atom stereocenters. The molecule has 1 aliphatic rings. The van der Waals surface area contributed by atoms with Gasteiger partial charge in [-0.1, -0.05) is 32.6 Å². The molecule has 3 rings (SSSR count). The molecule has 0 saturated heterocycles. The molecule has 4 nitrogen and oxygen atoms in total. The molecular weight excluding hydrogens is 272 g/mol. The van der Waals surface area contributed by atoms with Crippen molar-refractivity contribution in [3.05, 3.63) is 35.9 Å². The minimum absolute atomic E-state index is 0.596. The molecule has 1 saturated carbocycles. The second kappa shape index (κ2) is 6.95. The van der Waals surface area contributed by atoms with E-state index in [9.17, 15) is 0 Å². The van der Waals surface area contributed by atoms with E-state index in [1.165, 1.54) is 37.7 Å². The second-order valence-corrected chi connectivity index (χ2v) is 6.66. The third-order valence-corrected chi connectivity index (χ3v) is 4.66. The van der Waals surface area contributed by atoms with Crippen molar-refractivity contribution in [1.82, 2.24) is 19.9 Å². The topological polar surface area (TPSA) is 51.6 Å². The highest BCUT2D eigenvalue weighted by atomic mass is 15.0. The molecule has 0 aromatic carbocycles. The maximum Gasteiger partial charge on any atom is 0.197 e. The lowest BCUT2D eigenvalue weighted by Gasteiger charge is -2.25. The van der Waals surface area contributed by atoms with Crippen LogP contribution in [-0.4, -0.2) is 19.9 Å². The Morgan fingerprint density at radius 3 is 2.00 bits per heavy atom. The van der Waals surface area contributed by atoms with Crippen LogP contribution in [0.15, 0.2) is 24.8 Å². The molecule has 0 unspecified atom stereocenters. The van der Waals surface area contributed by atoms with Gasteiger partial charge in [0, 0.05) is 24.8 Å². The summed E-state index contributed by atoms with van der Waals surface area (Å²) >= 11 is 0. The number of hydrogen-bond acceptors (Lipinski definition) is 4. The van der Waals surface area contributed by atoms with Gasteiger partial charge in [-0.25, -0.2) is 19.9 Å². The average Bonchev–Trinajstić information content (AvgIpc) is 2.56. The van der Waals surface area contributed by atoms with E-state index >= 15 is 0 Å². The van der Waals surface area contributed by atoms with Crippen LogP contribution in [0.1, 0.15) is 50.2 Å². The molecule has 116 valence electrons. The van der Waals surface area contributed by atoms with Gasteiger partial charge in [0.05, 0.1) is 0 Å². The minimum atomic E-state index is 0.596. The van der Waals surface area contributed by atoms with Crippen molar-refractivity contribution in [1.29, 1.82) is 0 Å². The highest BCUT2D eigenvalue weighted by Crippen LogP contribution is 2.31. The summed E-state index contributed by atoms with van der Waals surface area (Å²) in [5.41, 5.74) is 2.26. The highest BCUT2D eigenvalue weighted by molar-refractivity contribution is 5.41. The molecule has 0 amide bonds. The average molecular weight is 296 g/mol. The van der Waals surface area contributed by atoms with E-state index in [0.29, 0.717) is 11.6 Å². The van der Waals surface area contributed by atoms with Crippen LogP contribution in [0, 0.1) is 18.8 Å². The van der Waals surface area contributed by atoms with Gasteiger partial charge in [0.25, 0.3) is 0 Å². The second-order valence-electron chi connectivity index (χ2n) is 6.66. The lowest BCUT2D eigenvalue weighted by molar-refractivity contribution is 0.277. The molecule has 2 heterocycles. The summed E-state index contributed by atoms with van der Waals surface area (Å²) in [5, 5.41) is 0. The van der Waals surface area contributed by atoms with Crippen LogP contribution >= 0.6 is 0 Å². The Bertz CT molecular complexity index is 583. The largest absolute Gasteiger partial charge is 0.234 e. The van der Waals surface area contributed by atoms with Gasteiger partial charge < -0.3 is 0 Å². The van der Waals surface area contributed by atoms with Crippen LogP contribution in [-0.2, 0) is 6.42 Å².